The molecule has 0 bridgehead atoms. The number of likely N-dealkylation sites (N-methyl/N-ethyl adjacent to an activating group) is 1. The highest BCUT2D eigenvalue weighted by Crippen LogP contribution is 2.08. The standard InChI is InChI=1S/C15H29N3/c1-6-18-9-7-8-14(18)11-16-12-15(17(4)5)10-13(2)3/h7-9,13,15-16H,6,10-12H2,1-5H3. The van der Waals surface area contributed by atoms with Crippen molar-refractivity contribution in [3.8, 4) is 0 Å². The molecule has 0 aromatic carbocycles. The molecule has 1 aromatic rings. The SMILES string of the molecule is CCn1cccc1CNCC(CC(C)C)N(C)C. The maximum absolute atomic E-state index is 3.59. The van der Waals surface area contributed by atoms with Crippen molar-refractivity contribution >= 4 is 0 Å². The van der Waals surface area contributed by atoms with Gasteiger partial charge in [-0.25, -0.2) is 0 Å². The average Bonchev–Trinajstić information content (AvgIpc) is 2.74. The van der Waals surface area contributed by atoms with E-state index in [4.69, 9.17) is 0 Å². The molecule has 1 aromatic heterocycles. The van der Waals surface area contributed by atoms with E-state index in [0.717, 1.165) is 25.6 Å². The summed E-state index contributed by atoms with van der Waals surface area (Å²) in [5.41, 5.74) is 1.37. The van der Waals surface area contributed by atoms with Crippen LogP contribution in [0.25, 0.3) is 0 Å². The zero-order valence-electron chi connectivity index (χ0n) is 12.6. The predicted molar refractivity (Wildman–Crippen MR) is 78.7 cm³/mol. The third kappa shape index (κ3) is 4.83. The largest absolute Gasteiger partial charge is 0.351 e. The number of nitrogens with zero attached hydrogens (tertiary/aromatic N) is 2. The molecular weight excluding hydrogens is 222 g/mol. The van der Waals surface area contributed by atoms with Gasteiger partial charge in [-0.1, -0.05) is 13.8 Å². The summed E-state index contributed by atoms with van der Waals surface area (Å²) in [6.07, 6.45) is 3.39. The van der Waals surface area contributed by atoms with Crippen LogP contribution in [0.3, 0.4) is 0 Å². The Hall–Kier alpha value is -0.800. The van der Waals surface area contributed by atoms with E-state index in [9.17, 15) is 0 Å². The second-order valence-corrected chi connectivity index (χ2v) is 5.66. The normalized spacial score (nSPS) is 13.5. The van der Waals surface area contributed by atoms with Crippen LogP contribution < -0.4 is 5.32 Å². The van der Waals surface area contributed by atoms with Gasteiger partial charge >= 0.3 is 0 Å². The minimum absolute atomic E-state index is 0.620. The maximum Gasteiger partial charge on any atom is 0.0359 e. The van der Waals surface area contributed by atoms with E-state index in [1.165, 1.54) is 12.1 Å². The lowest BCUT2D eigenvalue weighted by Crippen LogP contribution is -2.38. The number of aryl methyl sites for hydroxylation is 1. The van der Waals surface area contributed by atoms with Crippen LogP contribution in [0.5, 0.6) is 0 Å². The van der Waals surface area contributed by atoms with E-state index < -0.39 is 0 Å². The van der Waals surface area contributed by atoms with Crippen LogP contribution in [0, 0.1) is 5.92 Å². The van der Waals surface area contributed by atoms with Crippen LogP contribution in [0.4, 0.5) is 0 Å². The Morgan fingerprint density at radius 1 is 1.33 bits per heavy atom. The molecule has 104 valence electrons. The monoisotopic (exact) mass is 251 g/mol. The van der Waals surface area contributed by atoms with Crippen molar-refractivity contribution in [2.45, 2.75) is 46.3 Å². The van der Waals surface area contributed by atoms with Gasteiger partial charge in [0.1, 0.15) is 0 Å². The lowest BCUT2D eigenvalue weighted by Gasteiger charge is -2.26. The van der Waals surface area contributed by atoms with Crippen LogP contribution >= 0.6 is 0 Å². The summed E-state index contributed by atoms with van der Waals surface area (Å²) < 4.78 is 2.29. The van der Waals surface area contributed by atoms with Gasteiger partial charge in [0.25, 0.3) is 0 Å². The third-order valence-electron chi connectivity index (χ3n) is 3.42. The first kappa shape index (κ1) is 15.3. The molecule has 0 aliphatic heterocycles. The lowest BCUT2D eigenvalue weighted by atomic mass is 10.0. The van der Waals surface area contributed by atoms with Gasteiger partial charge in [-0.3, -0.25) is 0 Å². The fourth-order valence-corrected chi connectivity index (χ4v) is 2.31. The lowest BCUT2D eigenvalue weighted by molar-refractivity contribution is 0.246. The molecule has 0 spiro atoms. The van der Waals surface area contributed by atoms with Crippen LogP contribution in [0.1, 0.15) is 32.9 Å². The molecule has 0 aliphatic carbocycles. The van der Waals surface area contributed by atoms with Crippen LogP contribution in [-0.4, -0.2) is 36.1 Å². The van der Waals surface area contributed by atoms with Crippen LogP contribution in [0.2, 0.25) is 0 Å². The summed E-state index contributed by atoms with van der Waals surface area (Å²) in [7, 11) is 4.34. The number of rotatable bonds is 8. The molecule has 1 atom stereocenters. The van der Waals surface area contributed by atoms with E-state index in [1.807, 2.05) is 0 Å². The van der Waals surface area contributed by atoms with Crippen molar-refractivity contribution in [1.29, 1.82) is 0 Å². The van der Waals surface area contributed by atoms with Gasteiger partial charge in [0, 0.05) is 37.6 Å². The molecule has 18 heavy (non-hydrogen) atoms. The molecular formula is C15H29N3. The molecule has 1 heterocycles. The Morgan fingerprint density at radius 2 is 2.06 bits per heavy atom. The summed E-state index contributed by atoms with van der Waals surface area (Å²) in [6, 6.07) is 4.94. The summed E-state index contributed by atoms with van der Waals surface area (Å²) in [4.78, 5) is 2.33. The summed E-state index contributed by atoms with van der Waals surface area (Å²) >= 11 is 0. The number of nitrogens with one attached hydrogen (secondary N) is 1. The molecule has 3 heteroatoms. The molecule has 0 saturated carbocycles. The summed E-state index contributed by atoms with van der Waals surface area (Å²) in [5.74, 6) is 0.749. The van der Waals surface area contributed by atoms with Gasteiger partial charge < -0.3 is 14.8 Å². The van der Waals surface area contributed by atoms with Crippen molar-refractivity contribution in [1.82, 2.24) is 14.8 Å². The van der Waals surface area contributed by atoms with E-state index in [2.05, 4.69) is 68.0 Å². The molecule has 0 amide bonds. The quantitative estimate of drug-likeness (QED) is 0.766. The molecule has 0 fully saturated rings. The van der Waals surface area contributed by atoms with Crippen molar-refractivity contribution in [2.24, 2.45) is 5.92 Å². The number of hydrogen-bond acceptors (Lipinski definition) is 2. The minimum Gasteiger partial charge on any atom is -0.351 e. The Kier molecular flexibility index (Phi) is 6.44. The minimum atomic E-state index is 0.620. The third-order valence-corrected chi connectivity index (χ3v) is 3.42. The Balaban J connectivity index is 2.39. The van der Waals surface area contributed by atoms with Crippen LogP contribution in [-0.2, 0) is 13.1 Å². The Morgan fingerprint density at radius 3 is 2.61 bits per heavy atom. The molecule has 1 N–H and O–H groups in total. The fraction of sp³-hybridized carbons (Fsp3) is 0.733. The molecule has 3 nitrogen and oxygen atoms in total. The van der Waals surface area contributed by atoms with Gasteiger partial charge in [-0.2, -0.15) is 0 Å². The molecule has 1 unspecified atom stereocenters. The first-order valence-electron chi connectivity index (χ1n) is 7.05. The van der Waals surface area contributed by atoms with Crippen molar-refractivity contribution in [3.63, 3.8) is 0 Å². The van der Waals surface area contributed by atoms with Gasteiger partial charge in [-0.05, 0) is 45.5 Å². The summed E-state index contributed by atoms with van der Waals surface area (Å²) in [5, 5.41) is 3.59. The Bertz CT molecular complexity index is 328. The predicted octanol–water partition coefficient (Wildman–Crippen LogP) is 2.57. The summed E-state index contributed by atoms with van der Waals surface area (Å²) in [6.45, 7) is 9.83. The van der Waals surface area contributed by atoms with E-state index in [0.29, 0.717) is 6.04 Å². The van der Waals surface area contributed by atoms with Gasteiger partial charge in [0.05, 0.1) is 0 Å². The highest BCUT2D eigenvalue weighted by Gasteiger charge is 2.12. The van der Waals surface area contributed by atoms with E-state index in [-0.39, 0.29) is 0 Å². The average molecular weight is 251 g/mol. The first-order valence-corrected chi connectivity index (χ1v) is 7.05. The molecule has 0 aliphatic rings. The second-order valence-electron chi connectivity index (χ2n) is 5.66. The zero-order valence-corrected chi connectivity index (χ0v) is 12.6. The Labute approximate surface area is 112 Å². The maximum atomic E-state index is 3.59. The van der Waals surface area contributed by atoms with Gasteiger partial charge in [0.2, 0.25) is 0 Å². The smallest absolute Gasteiger partial charge is 0.0359 e. The first-order chi connectivity index (χ1) is 8.54. The van der Waals surface area contributed by atoms with Gasteiger partial charge in [-0.15, -0.1) is 0 Å². The molecule has 0 radical (unpaired) electrons. The number of hydrogen-bond donors (Lipinski definition) is 1. The topological polar surface area (TPSA) is 20.2 Å². The zero-order chi connectivity index (χ0) is 13.5. The van der Waals surface area contributed by atoms with Crippen molar-refractivity contribution in [3.05, 3.63) is 24.0 Å². The fourth-order valence-electron chi connectivity index (χ4n) is 2.31. The highest BCUT2D eigenvalue weighted by molar-refractivity contribution is 5.06. The second kappa shape index (κ2) is 7.59. The van der Waals surface area contributed by atoms with Crippen molar-refractivity contribution < 1.29 is 0 Å². The van der Waals surface area contributed by atoms with Crippen LogP contribution in [0.15, 0.2) is 18.3 Å². The van der Waals surface area contributed by atoms with E-state index >= 15 is 0 Å². The molecule has 1 rings (SSSR count). The van der Waals surface area contributed by atoms with Gasteiger partial charge in [0.15, 0.2) is 0 Å². The van der Waals surface area contributed by atoms with Crippen molar-refractivity contribution in [2.75, 3.05) is 20.6 Å². The highest BCUT2D eigenvalue weighted by atomic mass is 15.1. The molecule has 0 saturated heterocycles. The number of aromatic nitrogens is 1. The van der Waals surface area contributed by atoms with E-state index in [1.54, 1.807) is 0 Å².